The van der Waals surface area contributed by atoms with Crippen LogP contribution in [0.2, 0.25) is 0 Å². The summed E-state index contributed by atoms with van der Waals surface area (Å²) in [6.45, 7) is 13.5. The van der Waals surface area contributed by atoms with Crippen LogP contribution < -0.4 is 5.32 Å². The minimum absolute atomic E-state index is 1.09. The zero-order valence-electron chi connectivity index (χ0n) is 21.1. The molecule has 1 fully saturated rings. The average molecular weight is 464 g/mol. The van der Waals surface area contributed by atoms with Crippen molar-refractivity contribution in [3.05, 3.63) is 30.3 Å². The third kappa shape index (κ3) is 15.3. The van der Waals surface area contributed by atoms with Crippen LogP contribution in [0.1, 0.15) is 32.1 Å². The number of hydrogen-bond acceptors (Lipinski definition) is 6. The Morgan fingerprint density at radius 1 is 0.719 bits per heavy atom. The van der Waals surface area contributed by atoms with Gasteiger partial charge in [0.25, 0.3) is 0 Å². The molecular formula is C26H49N5S. The highest BCUT2D eigenvalue weighted by Crippen LogP contribution is 2.15. The molecule has 1 aromatic carbocycles. The van der Waals surface area contributed by atoms with Crippen molar-refractivity contribution in [2.24, 2.45) is 0 Å². The number of thioether (sulfide) groups is 1. The summed E-state index contributed by atoms with van der Waals surface area (Å²) >= 11 is 1.93. The molecule has 0 saturated carbocycles. The van der Waals surface area contributed by atoms with Gasteiger partial charge >= 0.3 is 0 Å². The number of hydrogen-bond donors (Lipinski definition) is 1. The van der Waals surface area contributed by atoms with Crippen LogP contribution in [0, 0.1) is 0 Å². The van der Waals surface area contributed by atoms with Crippen molar-refractivity contribution < 1.29 is 0 Å². The molecule has 0 unspecified atom stereocenters. The van der Waals surface area contributed by atoms with E-state index in [2.05, 4.69) is 76.4 Å². The molecule has 0 aliphatic carbocycles. The minimum Gasteiger partial charge on any atom is -0.316 e. The Balaban J connectivity index is 1.31. The first-order valence-electron chi connectivity index (χ1n) is 12.8. The largest absolute Gasteiger partial charge is 0.316 e. The Morgan fingerprint density at radius 2 is 1.28 bits per heavy atom. The van der Waals surface area contributed by atoms with Gasteiger partial charge in [0, 0.05) is 30.3 Å². The fourth-order valence-electron chi connectivity index (χ4n) is 3.92. The van der Waals surface area contributed by atoms with Crippen molar-refractivity contribution in [3.8, 4) is 0 Å². The van der Waals surface area contributed by atoms with Gasteiger partial charge in [0.1, 0.15) is 0 Å². The molecule has 1 heterocycles. The summed E-state index contributed by atoms with van der Waals surface area (Å²) < 4.78 is 0. The summed E-state index contributed by atoms with van der Waals surface area (Å²) in [4.78, 5) is 11.4. The summed E-state index contributed by atoms with van der Waals surface area (Å²) in [6.07, 6.45) is 6.46. The fourth-order valence-corrected chi connectivity index (χ4v) is 4.76. The molecular weight excluding hydrogens is 414 g/mol. The van der Waals surface area contributed by atoms with Gasteiger partial charge in [0.15, 0.2) is 0 Å². The van der Waals surface area contributed by atoms with Crippen LogP contribution >= 0.6 is 11.8 Å². The molecule has 32 heavy (non-hydrogen) atoms. The van der Waals surface area contributed by atoms with Crippen LogP contribution in [0.4, 0.5) is 0 Å². The molecule has 0 amide bonds. The van der Waals surface area contributed by atoms with Crippen molar-refractivity contribution in [2.45, 2.75) is 37.0 Å². The summed E-state index contributed by atoms with van der Waals surface area (Å²) in [5, 5.41) is 3.58. The molecule has 0 spiro atoms. The monoisotopic (exact) mass is 463 g/mol. The number of benzene rings is 1. The molecule has 0 bridgehead atoms. The molecule has 1 aromatic rings. The van der Waals surface area contributed by atoms with Gasteiger partial charge in [-0.1, -0.05) is 18.2 Å². The van der Waals surface area contributed by atoms with Gasteiger partial charge in [-0.25, -0.2) is 0 Å². The highest BCUT2D eigenvalue weighted by Gasteiger charge is 2.15. The zero-order chi connectivity index (χ0) is 22.9. The lowest BCUT2D eigenvalue weighted by Gasteiger charge is -2.21. The Kier molecular flexibility index (Phi) is 15.4. The Bertz CT molecular complexity index is 554. The van der Waals surface area contributed by atoms with Gasteiger partial charge < -0.3 is 24.9 Å². The lowest BCUT2D eigenvalue weighted by atomic mass is 10.2. The summed E-state index contributed by atoms with van der Waals surface area (Å²) in [6, 6.07) is 10.7. The average Bonchev–Trinajstić information content (AvgIpc) is 3.61. The normalized spacial score (nSPS) is 14.2. The maximum atomic E-state index is 3.58. The highest BCUT2D eigenvalue weighted by molar-refractivity contribution is 7.99. The molecule has 2 rings (SSSR count). The van der Waals surface area contributed by atoms with Crippen LogP contribution in [0.15, 0.2) is 35.2 Å². The van der Waals surface area contributed by atoms with E-state index in [0.717, 1.165) is 18.8 Å². The van der Waals surface area contributed by atoms with E-state index in [-0.39, 0.29) is 0 Å². The Morgan fingerprint density at radius 3 is 1.91 bits per heavy atom. The van der Waals surface area contributed by atoms with Gasteiger partial charge in [-0.2, -0.15) is 0 Å². The first-order chi connectivity index (χ1) is 15.6. The smallest absolute Gasteiger partial charge is 0.0110 e. The maximum absolute atomic E-state index is 3.58. The number of nitrogens with one attached hydrogen (secondary N) is 1. The molecule has 5 nitrogen and oxygen atoms in total. The third-order valence-corrected chi connectivity index (χ3v) is 7.16. The van der Waals surface area contributed by atoms with Crippen molar-refractivity contribution in [2.75, 3.05) is 98.9 Å². The van der Waals surface area contributed by atoms with E-state index in [1.165, 1.54) is 95.9 Å². The summed E-state index contributed by atoms with van der Waals surface area (Å²) in [5.41, 5.74) is 0. The van der Waals surface area contributed by atoms with E-state index in [1.807, 2.05) is 11.8 Å². The van der Waals surface area contributed by atoms with Crippen LogP contribution in [0.5, 0.6) is 0 Å². The first kappa shape index (κ1) is 27.6. The number of unbranched alkanes of at least 4 members (excludes halogenated alkanes) is 1. The van der Waals surface area contributed by atoms with E-state index in [4.69, 9.17) is 0 Å². The predicted octanol–water partition coefficient (Wildman–Crippen LogP) is 3.43. The number of nitrogens with zero attached hydrogens (tertiary/aromatic N) is 4. The topological polar surface area (TPSA) is 24.8 Å². The number of rotatable bonds is 21. The second kappa shape index (κ2) is 17.8. The zero-order valence-corrected chi connectivity index (χ0v) is 21.9. The van der Waals surface area contributed by atoms with E-state index in [9.17, 15) is 0 Å². The van der Waals surface area contributed by atoms with Crippen LogP contribution in [-0.2, 0) is 0 Å². The highest BCUT2D eigenvalue weighted by atomic mass is 32.2. The standard InChI is InChI=1S/C26H49N5S/c1-28(16-7-8-17-29(2)21-11-22-31-23-24-31)19-10-20-30(3)18-9-14-27-15-25-32-26-12-5-4-6-13-26/h4-6,12-13,27H,7-11,14-25H2,1-3H3. The van der Waals surface area contributed by atoms with Crippen molar-refractivity contribution >= 4 is 11.8 Å². The molecule has 184 valence electrons. The van der Waals surface area contributed by atoms with Crippen molar-refractivity contribution in [1.82, 2.24) is 24.9 Å². The van der Waals surface area contributed by atoms with E-state index in [1.54, 1.807) is 0 Å². The van der Waals surface area contributed by atoms with Crippen LogP contribution in [0.3, 0.4) is 0 Å². The van der Waals surface area contributed by atoms with Gasteiger partial charge in [-0.3, -0.25) is 0 Å². The Hall–Kier alpha value is -0.630. The maximum Gasteiger partial charge on any atom is 0.0110 e. The second-order valence-electron chi connectivity index (χ2n) is 9.43. The van der Waals surface area contributed by atoms with E-state index < -0.39 is 0 Å². The lowest BCUT2D eigenvalue weighted by Crippen LogP contribution is -2.29. The molecule has 1 aliphatic heterocycles. The summed E-state index contributed by atoms with van der Waals surface area (Å²) in [7, 11) is 6.83. The summed E-state index contributed by atoms with van der Waals surface area (Å²) in [5.74, 6) is 1.14. The molecule has 6 heteroatoms. The molecule has 1 aliphatic rings. The van der Waals surface area contributed by atoms with Gasteiger partial charge in [-0.05, 0) is 118 Å². The van der Waals surface area contributed by atoms with Crippen molar-refractivity contribution in [3.63, 3.8) is 0 Å². The van der Waals surface area contributed by atoms with Gasteiger partial charge in [0.2, 0.25) is 0 Å². The molecule has 0 radical (unpaired) electrons. The van der Waals surface area contributed by atoms with Crippen molar-refractivity contribution in [1.29, 1.82) is 0 Å². The first-order valence-corrected chi connectivity index (χ1v) is 13.8. The third-order valence-electron chi connectivity index (χ3n) is 6.15. The molecule has 1 N–H and O–H groups in total. The van der Waals surface area contributed by atoms with E-state index >= 15 is 0 Å². The molecule has 0 atom stereocenters. The van der Waals surface area contributed by atoms with Crippen LogP contribution in [0.25, 0.3) is 0 Å². The van der Waals surface area contributed by atoms with Crippen LogP contribution in [-0.4, -0.2) is 118 Å². The SMILES string of the molecule is CN(CCCCN(C)CCCN1CC1)CCCN(C)CCCNCCSc1ccccc1. The quantitative estimate of drug-likeness (QED) is 0.170. The second-order valence-corrected chi connectivity index (χ2v) is 10.6. The predicted molar refractivity (Wildman–Crippen MR) is 142 cm³/mol. The Labute approximate surface area is 202 Å². The molecule has 1 saturated heterocycles. The van der Waals surface area contributed by atoms with Gasteiger partial charge in [0.05, 0.1) is 0 Å². The van der Waals surface area contributed by atoms with Gasteiger partial charge in [-0.15, -0.1) is 11.8 Å². The minimum atomic E-state index is 1.09. The van der Waals surface area contributed by atoms with E-state index in [0.29, 0.717) is 0 Å². The fraction of sp³-hybridized carbons (Fsp3) is 0.769. The molecule has 0 aromatic heterocycles. The lowest BCUT2D eigenvalue weighted by molar-refractivity contribution is 0.263.